The van der Waals surface area contributed by atoms with Crippen molar-refractivity contribution in [3.05, 3.63) is 28.0 Å². The van der Waals surface area contributed by atoms with E-state index < -0.39 is 11.8 Å². The van der Waals surface area contributed by atoms with E-state index in [1.165, 1.54) is 19.1 Å². The number of rotatable bonds is 1. The highest BCUT2D eigenvalue weighted by molar-refractivity contribution is 6.34. The molecule has 0 aromatic carbocycles. The fourth-order valence-corrected chi connectivity index (χ4v) is 1.24. The lowest BCUT2D eigenvalue weighted by Crippen LogP contribution is -2.28. The van der Waals surface area contributed by atoms with E-state index in [2.05, 4.69) is 10.3 Å². The highest BCUT2D eigenvalue weighted by Crippen LogP contribution is 2.16. The summed E-state index contributed by atoms with van der Waals surface area (Å²) >= 11 is 11.2. The molecule has 1 aromatic heterocycles. The average Bonchev–Trinajstić information content (AvgIpc) is 2.01. The molecule has 0 atom stereocenters. The minimum atomic E-state index is -0.591. The van der Waals surface area contributed by atoms with Gasteiger partial charge in [0.25, 0.3) is 5.91 Å². The molecule has 4 nitrogen and oxygen atoms in total. The van der Waals surface area contributed by atoms with Crippen LogP contribution in [-0.2, 0) is 4.79 Å². The van der Waals surface area contributed by atoms with Crippen LogP contribution >= 0.6 is 23.2 Å². The minimum absolute atomic E-state index is 0.0312. The monoisotopic (exact) mass is 232 g/mol. The fourth-order valence-electron chi connectivity index (χ4n) is 0.809. The molecule has 0 saturated carbocycles. The van der Waals surface area contributed by atoms with Gasteiger partial charge in [-0.1, -0.05) is 23.2 Å². The molecule has 2 amide bonds. The molecule has 6 heteroatoms. The molecule has 0 aliphatic rings. The molecule has 1 heterocycles. The van der Waals surface area contributed by atoms with Crippen molar-refractivity contribution in [1.29, 1.82) is 0 Å². The Labute approximate surface area is 90.2 Å². The zero-order valence-electron chi connectivity index (χ0n) is 7.17. The molecule has 0 bridgehead atoms. The van der Waals surface area contributed by atoms with E-state index in [-0.39, 0.29) is 15.9 Å². The molecule has 1 rings (SSSR count). The van der Waals surface area contributed by atoms with E-state index in [1.807, 2.05) is 0 Å². The summed E-state index contributed by atoms with van der Waals surface area (Å²) in [6.07, 6.45) is 0. The first kappa shape index (κ1) is 10.9. The van der Waals surface area contributed by atoms with Crippen molar-refractivity contribution in [1.82, 2.24) is 10.3 Å². The third-order valence-electron chi connectivity index (χ3n) is 1.35. The molecular formula is C8H6Cl2N2O2. The number of hydrogen-bond donors (Lipinski definition) is 1. The number of nitrogens with zero attached hydrogens (tertiary/aromatic N) is 1. The first-order valence-corrected chi connectivity index (χ1v) is 4.40. The van der Waals surface area contributed by atoms with Crippen LogP contribution in [0, 0.1) is 0 Å². The van der Waals surface area contributed by atoms with Gasteiger partial charge in [-0.3, -0.25) is 14.9 Å². The molecule has 0 fully saturated rings. The van der Waals surface area contributed by atoms with Crippen LogP contribution in [-0.4, -0.2) is 16.8 Å². The molecule has 0 aliphatic heterocycles. The maximum Gasteiger partial charge on any atom is 0.260 e. The Morgan fingerprint density at radius 3 is 2.50 bits per heavy atom. The lowest BCUT2D eigenvalue weighted by molar-refractivity contribution is -0.118. The summed E-state index contributed by atoms with van der Waals surface area (Å²) in [7, 11) is 0. The molecule has 0 unspecified atom stereocenters. The predicted octanol–water partition coefficient (Wildman–Crippen LogP) is 1.66. The number of nitrogens with one attached hydrogen (secondary N) is 1. The number of carbonyl (C=O) groups is 2. The smallest absolute Gasteiger partial charge is 0.260 e. The first-order valence-electron chi connectivity index (χ1n) is 3.64. The first-order chi connectivity index (χ1) is 6.50. The maximum absolute atomic E-state index is 11.3. The number of aromatic nitrogens is 1. The van der Waals surface area contributed by atoms with Crippen LogP contribution in [0.15, 0.2) is 12.1 Å². The van der Waals surface area contributed by atoms with Gasteiger partial charge in [0.15, 0.2) is 0 Å². The Balaban J connectivity index is 2.96. The molecular weight excluding hydrogens is 227 g/mol. The van der Waals surface area contributed by atoms with Gasteiger partial charge in [0, 0.05) is 6.92 Å². The molecule has 1 N–H and O–H groups in total. The van der Waals surface area contributed by atoms with Gasteiger partial charge in [-0.05, 0) is 12.1 Å². The van der Waals surface area contributed by atoms with Gasteiger partial charge in [0.05, 0.1) is 5.56 Å². The second-order valence-electron chi connectivity index (χ2n) is 2.48. The zero-order valence-corrected chi connectivity index (χ0v) is 8.69. The van der Waals surface area contributed by atoms with E-state index in [0.29, 0.717) is 0 Å². The maximum atomic E-state index is 11.3. The summed E-state index contributed by atoms with van der Waals surface area (Å²) < 4.78 is 0. The summed E-state index contributed by atoms with van der Waals surface area (Å²) in [5.74, 6) is -1.05. The Kier molecular flexibility index (Phi) is 3.43. The average molecular weight is 233 g/mol. The van der Waals surface area contributed by atoms with E-state index in [0.717, 1.165) is 0 Å². The standard InChI is InChI=1S/C8H6Cl2N2O2/c1-4(13)11-8(14)5-2-3-6(9)12-7(5)10/h2-3H,1H3,(H,11,13,14). The molecule has 14 heavy (non-hydrogen) atoms. The summed E-state index contributed by atoms with van der Waals surface area (Å²) in [4.78, 5) is 25.5. The third-order valence-corrected chi connectivity index (χ3v) is 1.85. The number of pyridine rings is 1. The summed E-state index contributed by atoms with van der Waals surface area (Å²) in [6.45, 7) is 1.23. The minimum Gasteiger partial charge on any atom is -0.292 e. The SMILES string of the molecule is CC(=O)NC(=O)c1ccc(Cl)nc1Cl. The third kappa shape index (κ3) is 2.68. The van der Waals surface area contributed by atoms with E-state index in [9.17, 15) is 9.59 Å². The summed E-state index contributed by atoms with van der Waals surface area (Å²) in [6, 6.07) is 2.82. The number of amides is 2. The summed E-state index contributed by atoms with van der Waals surface area (Å²) in [5.41, 5.74) is 0.117. The Hall–Kier alpha value is -1.13. The van der Waals surface area contributed by atoms with Crippen LogP contribution in [0.4, 0.5) is 0 Å². The quantitative estimate of drug-likeness (QED) is 0.750. The van der Waals surface area contributed by atoms with Crippen molar-refractivity contribution in [2.45, 2.75) is 6.92 Å². The summed E-state index contributed by atoms with van der Waals surface area (Å²) in [5, 5.41) is 2.23. The molecule has 0 radical (unpaired) electrons. The number of carbonyl (C=O) groups excluding carboxylic acids is 2. The second kappa shape index (κ2) is 4.39. The largest absolute Gasteiger partial charge is 0.292 e. The van der Waals surface area contributed by atoms with Gasteiger partial charge in [-0.25, -0.2) is 4.98 Å². The lowest BCUT2D eigenvalue weighted by atomic mass is 10.2. The topological polar surface area (TPSA) is 59.1 Å². The Bertz CT molecular complexity index is 393. The van der Waals surface area contributed by atoms with Gasteiger partial charge in [0.2, 0.25) is 5.91 Å². The predicted molar refractivity (Wildman–Crippen MR) is 52.4 cm³/mol. The van der Waals surface area contributed by atoms with E-state index in [1.54, 1.807) is 0 Å². The second-order valence-corrected chi connectivity index (χ2v) is 3.23. The molecule has 0 saturated heterocycles. The highest BCUT2D eigenvalue weighted by Gasteiger charge is 2.12. The van der Waals surface area contributed by atoms with Crippen molar-refractivity contribution in [2.24, 2.45) is 0 Å². The van der Waals surface area contributed by atoms with Crippen LogP contribution < -0.4 is 5.32 Å². The number of halogens is 2. The Morgan fingerprint density at radius 1 is 1.36 bits per heavy atom. The van der Waals surface area contributed by atoms with Crippen LogP contribution in [0.5, 0.6) is 0 Å². The normalized spacial score (nSPS) is 9.64. The fraction of sp³-hybridized carbons (Fsp3) is 0.125. The van der Waals surface area contributed by atoms with Gasteiger partial charge in [0.1, 0.15) is 10.3 Å². The molecule has 1 aromatic rings. The van der Waals surface area contributed by atoms with Crippen molar-refractivity contribution in [3.63, 3.8) is 0 Å². The van der Waals surface area contributed by atoms with Gasteiger partial charge in [-0.15, -0.1) is 0 Å². The van der Waals surface area contributed by atoms with Crippen molar-refractivity contribution < 1.29 is 9.59 Å². The van der Waals surface area contributed by atoms with Crippen LogP contribution in [0.3, 0.4) is 0 Å². The van der Waals surface area contributed by atoms with E-state index >= 15 is 0 Å². The van der Waals surface area contributed by atoms with E-state index in [4.69, 9.17) is 23.2 Å². The number of imide groups is 1. The van der Waals surface area contributed by atoms with Crippen molar-refractivity contribution >= 4 is 35.0 Å². The lowest BCUT2D eigenvalue weighted by Gasteiger charge is -2.02. The Morgan fingerprint density at radius 2 is 2.00 bits per heavy atom. The zero-order chi connectivity index (χ0) is 10.7. The highest BCUT2D eigenvalue weighted by atomic mass is 35.5. The van der Waals surface area contributed by atoms with Gasteiger partial charge < -0.3 is 0 Å². The van der Waals surface area contributed by atoms with Crippen molar-refractivity contribution in [2.75, 3.05) is 0 Å². The molecule has 0 spiro atoms. The van der Waals surface area contributed by atoms with Crippen LogP contribution in [0.25, 0.3) is 0 Å². The molecule has 0 aliphatic carbocycles. The van der Waals surface area contributed by atoms with Crippen molar-refractivity contribution in [3.8, 4) is 0 Å². The van der Waals surface area contributed by atoms with Gasteiger partial charge in [-0.2, -0.15) is 0 Å². The van der Waals surface area contributed by atoms with Crippen LogP contribution in [0.1, 0.15) is 17.3 Å². The van der Waals surface area contributed by atoms with Crippen LogP contribution in [0.2, 0.25) is 10.3 Å². The molecule has 74 valence electrons. The number of hydrogen-bond acceptors (Lipinski definition) is 3. The van der Waals surface area contributed by atoms with Gasteiger partial charge >= 0.3 is 0 Å².